The lowest BCUT2D eigenvalue weighted by Gasteiger charge is -2.28. The van der Waals surface area contributed by atoms with E-state index in [0.29, 0.717) is 16.9 Å². The smallest absolute Gasteiger partial charge is 0.414 e. The van der Waals surface area contributed by atoms with Crippen LogP contribution in [0.5, 0.6) is 0 Å². The number of hydrazine groups is 1. The highest BCUT2D eigenvalue weighted by molar-refractivity contribution is 8.00. The predicted octanol–water partition coefficient (Wildman–Crippen LogP) is 0.437. The molecule has 10 heteroatoms. The van der Waals surface area contributed by atoms with Crippen molar-refractivity contribution in [3.8, 4) is 6.07 Å². The van der Waals surface area contributed by atoms with Gasteiger partial charge in [0.15, 0.2) is 0 Å². The number of carbonyl (C=O) groups excluding carboxylic acids is 3. The van der Waals surface area contributed by atoms with Gasteiger partial charge in [-0.05, 0) is 19.1 Å². The van der Waals surface area contributed by atoms with Crippen molar-refractivity contribution < 1.29 is 19.1 Å². The molecule has 0 aliphatic carbocycles. The van der Waals surface area contributed by atoms with E-state index in [2.05, 4.69) is 22.1 Å². The molecule has 2 unspecified atom stereocenters. The molecule has 0 aromatic heterocycles. The van der Waals surface area contributed by atoms with E-state index < -0.39 is 23.0 Å². The summed E-state index contributed by atoms with van der Waals surface area (Å²) in [4.78, 5) is 36.5. The minimum atomic E-state index is -0.949. The largest absolute Gasteiger partial charge is 0.450 e. The van der Waals surface area contributed by atoms with Gasteiger partial charge < -0.3 is 10.1 Å². The van der Waals surface area contributed by atoms with E-state index in [1.165, 1.54) is 11.8 Å². The van der Waals surface area contributed by atoms with Crippen LogP contribution in [0.2, 0.25) is 0 Å². The second kappa shape index (κ2) is 6.29. The molecular formula is C17H15N5O4S. The number of hydrogen-bond acceptors (Lipinski definition) is 8. The molecule has 0 radical (unpaired) electrons. The molecule has 138 valence electrons. The van der Waals surface area contributed by atoms with Crippen molar-refractivity contribution in [1.29, 1.82) is 5.26 Å². The average Bonchev–Trinajstić information content (AvgIpc) is 3.10. The standard InChI is InChI=1S/C17H15N5O4S/c1-2-26-16(25)19-13(23)10-5-6-27-14(10)20-15(24)17-11-4-3-9(8-18)7-12(11)22(17)21-17/h3-5,7,14,21H,2,6H2,1H3,(H,20,24)(H,19,23,25). The first kappa shape index (κ1) is 17.4. The molecule has 2 atom stereocenters. The zero-order valence-electron chi connectivity index (χ0n) is 14.2. The van der Waals surface area contributed by atoms with Gasteiger partial charge in [0.1, 0.15) is 5.37 Å². The van der Waals surface area contributed by atoms with Crippen LogP contribution in [-0.4, -0.2) is 35.6 Å². The van der Waals surface area contributed by atoms with Crippen LogP contribution < -0.4 is 21.1 Å². The fraction of sp³-hybridized carbons (Fsp3) is 0.294. The van der Waals surface area contributed by atoms with Gasteiger partial charge in [0.25, 0.3) is 11.8 Å². The number of amides is 3. The molecule has 1 fully saturated rings. The molecule has 1 aromatic carbocycles. The summed E-state index contributed by atoms with van der Waals surface area (Å²) in [6, 6.07) is 7.18. The fourth-order valence-corrected chi connectivity index (χ4v) is 4.23. The van der Waals surface area contributed by atoms with Crippen LogP contribution in [0.4, 0.5) is 10.5 Å². The van der Waals surface area contributed by atoms with Crippen molar-refractivity contribution in [3.63, 3.8) is 0 Å². The summed E-state index contributed by atoms with van der Waals surface area (Å²) in [5.74, 6) is -0.341. The highest BCUT2D eigenvalue weighted by Crippen LogP contribution is 2.55. The minimum absolute atomic E-state index is 0.157. The average molecular weight is 385 g/mol. The van der Waals surface area contributed by atoms with Crippen LogP contribution in [0.25, 0.3) is 0 Å². The monoisotopic (exact) mass is 385 g/mol. The molecule has 0 bridgehead atoms. The SMILES string of the molecule is CCOC(=O)NC(=O)C1=CCSC1NC(=O)C12NN1c1cc(C#N)ccc12. The Morgan fingerprint density at radius 2 is 2.30 bits per heavy atom. The Kier molecular flexibility index (Phi) is 4.05. The Hall–Kier alpha value is -3.03. The van der Waals surface area contributed by atoms with Crippen molar-refractivity contribution in [1.82, 2.24) is 16.1 Å². The molecule has 27 heavy (non-hydrogen) atoms. The zero-order chi connectivity index (χ0) is 19.2. The van der Waals surface area contributed by atoms with E-state index in [1.54, 1.807) is 36.2 Å². The maximum Gasteiger partial charge on any atom is 0.414 e. The first-order chi connectivity index (χ1) is 13.0. The Morgan fingerprint density at radius 3 is 3.04 bits per heavy atom. The van der Waals surface area contributed by atoms with E-state index >= 15 is 0 Å². The predicted molar refractivity (Wildman–Crippen MR) is 96.1 cm³/mol. The number of fused-ring (bicyclic) bond motifs is 4. The number of rotatable bonds is 4. The van der Waals surface area contributed by atoms with Crippen LogP contribution >= 0.6 is 11.8 Å². The molecular weight excluding hydrogens is 370 g/mol. The number of imide groups is 1. The lowest BCUT2D eigenvalue weighted by atomic mass is 9.92. The summed E-state index contributed by atoms with van der Waals surface area (Å²) in [5.41, 5.74) is 4.46. The maximum absolute atomic E-state index is 12.8. The van der Waals surface area contributed by atoms with Crippen LogP contribution in [0.1, 0.15) is 18.1 Å². The van der Waals surface area contributed by atoms with Gasteiger partial charge in [-0.3, -0.25) is 19.9 Å². The third kappa shape index (κ3) is 2.63. The lowest BCUT2D eigenvalue weighted by Crippen LogP contribution is -2.48. The van der Waals surface area contributed by atoms with Crippen molar-refractivity contribution >= 4 is 35.4 Å². The van der Waals surface area contributed by atoms with E-state index in [1.807, 2.05) is 0 Å². The van der Waals surface area contributed by atoms with Crippen LogP contribution in [0, 0.1) is 11.3 Å². The molecule has 0 saturated carbocycles. The van der Waals surface area contributed by atoms with E-state index in [-0.39, 0.29) is 12.5 Å². The zero-order valence-corrected chi connectivity index (χ0v) is 15.1. The van der Waals surface area contributed by atoms with Gasteiger partial charge in [0.05, 0.1) is 23.9 Å². The number of nitrogens with one attached hydrogen (secondary N) is 3. The molecule has 3 aliphatic rings. The number of nitrogens with zero attached hydrogens (tertiary/aromatic N) is 2. The third-order valence-corrected chi connectivity index (χ3v) is 5.57. The summed E-state index contributed by atoms with van der Waals surface area (Å²) in [6.45, 7) is 1.80. The number of alkyl carbamates (subject to hydrolysis) is 1. The topological polar surface area (TPSA) is 133 Å². The maximum atomic E-state index is 12.8. The quantitative estimate of drug-likeness (QED) is 0.636. The Balaban J connectivity index is 1.43. The van der Waals surface area contributed by atoms with Gasteiger partial charge >= 0.3 is 6.09 Å². The second-order valence-electron chi connectivity index (χ2n) is 6.02. The van der Waals surface area contributed by atoms with Gasteiger partial charge in [-0.25, -0.2) is 4.79 Å². The normalized spacial score (nSPS) is 23.8. The molecule has 3 heterocycles. The van der Waals surface area contributed by atoms with Crippen molar-refractivity contribution in [2.45, 2.75) is 18.0 Å². The third-order valence-electron chi connectivity index (χ3n) is 4.51. The van der Waals surface area contributed by atoms with Crippen molar-refractivity contribution in [3.05, 3.63) is 41.0 Å². The number of ether oxygens (including phenoxy) is 1. The Bertz CT molecular complexity index is 940. The number of thioether (sulfide) groups is 1. The summed E-state index contributed by atoms with van der Waals surface area (Å²) < 4.78 is 4.70. The second-order valence-corrected chi connectivity index (χ2v) is 7.16. The minimum Gasteiger partial charge on any atom is -0.450 e. The lowest BCUT2D eigenvalue weighted by molar-refractivity contribution is -0.124. The van der Waals surface area contributed by atoms with Gasteiger partial charge in [0, 0.05) is 16.9 Å². The highest BCUT2D eigenvalue weighted by atomic mass is 32.2. The molecule has 4 rings (SSSR count). The van der Waals surface area contributed by atoms with E-state index in [0.717, 1.165) is 11.3 Å². The molecule has 0 spiro atoms. The van der Waals surface area contributed by atoms with Crippen LogP contribution in [0.15, 0.2) is 29.8 Å². The van der Waals surface area contributed by atoms with Gasteiger partial charge in [-0.15, -0.1) is 11.8 Å². The van der Waals surface area contributed by atoms with Gasteiger partial charge in [-0.1, -0.05) is 12.1 Å². The van der Waals surface area contributed by atoms with Gasteiger partial charge in [0.2, 0.25) is 5.66 Å². The first-order valence-electron chi connectivity index (χ1n) is 8.24. The van der Waals surface area contributed by atoms with E-state index in [4.69, 9.17) is 10.00 Å². The molecule has 1 saturated heterocycles. The highest BCUT2D eigenvalue weighted by Gasteiger charge is 2.69. The van der Waals surface area contributed by atoms with Crippen molar-refractivity contribution in [2.24, 2.45) is 0 Å². The number of hydrogen-bond donors (Lipinski definition) is 3. The molecule has 1 aromatic rings. The van der Waals surface area contributed by atoms with Crippen LogP contribution in [0.3, 0.4) is 0 Å². The molecule has 3 aliphatic heterocycles. The fourth-order valence-electron chi connectivity index (χ4n) is 3.19. The molecule has 3 amide bonds. The first-order valence-corrected chi connectivity index (χ1v) is 9.29. The van der Waals surface area contributed by atoms with Crippen LogP contribution in [-0.2, 0) is 20.0 Å². The number of benzene rings is 1. The van der Waals surface area contributed by atoms with Crippen molar-refractivity contribution in [2.75, 3.05) is 17.4 Å². The summed E-state index contributed by atoms with van der Waals surface area (Å²) >= 11 is 1.38. The molecule has 9 nitrogen and oxygen atoms in total. The number of nitriles is 1. The van der Waals surface area contributed by atoms with E-state index in [9.17, 15) is 14.4 Å². The van der Waals surface area contributed by atoms with Gasteiger partial charge in [-0.2, -0.15) is 10.7 Å². The Labute approximate surface area is 158 Å². The summed E-state index contributed by atoms with van der Waals surface area (Å²) in [5, 5.41) is 15.1. The number of anilines is 1. The number of carbonyl (C=O) groups is 3. The molecule has 3 N–H and O–H groups in total. The summed E-state index contributed by atoms with van der Waals surface area (Å²) in [7, 11) is 0. The summed E-state index contributed by atoms with van der Waals surface area (Å²) in [6.07, 6.45) is 0.855. The Morgan fingerprint density at radius 1 is 1.48 bits per heavy atom.